The predicted octanol–water partition coefficient (Wildman–Crippen LogP) is 1.99. The number of hydrogen-bond donors (Lipinski definition) is 1. The lowest BCUT2D eigenvalue weighted by Gasteiger charge is -2.11. The molecule has 2 rings (SSSR count). The number of fused-ring (bicyclic) bond motifs is 1. The lowest BCUT2D eigenvalue weighted by molar-refractivity contribution is 0.0921. The van der Waals surface area contributed by atoms with Crippen LogP contribution in [0.3, 0.4) is 0 Å². The lowest BCUT2D eigenvalue weighted by Crippen LogP contribution is -2.13. The van der Waals surface area contributed by atoms with Crippen molar-refractivity contribution < 1.29 is 9.59 Å². The van der Waals surface area contributed by atoms with E-state index in [1.165, 1.54) is 6.20 Å². The third-order valence-electron chi connectivity index (χ3n) is 2.00. The number of carbonyl (C=O) groups is 2. The van der Waals surface area contributed by atoms with Gasteiger partial charge in [-0.2, -0.15) is 0 Å². The van der Waals surface area contributed by atoms with Crippen molar-refractivity contribution in [3.63, 3.8) is 0 Å². The zero-order valence-corrected chi connectivity index (χ0v) is 7.73. The number of benzene rings is 1. The normalized spacial score (nSPS) is 13.6. The SMILES string of the molecule is C=CNc1cccc2c1C(=O)N=NC2=O. The van der Waals surface area contributed by atoms with Gasteiger partial charge in [-0.15, -0.1) is 10.2 Å². The van der Waals surface area contributed by atoms with Crippen LogP contribution in [0.25, 0.3) is 0 Å². The number of rotatable bonds is 2. The number of anilines is 1. The van der Waals surface area contributed by atoms with Crippen molar-refractivity contribution in [2.45, 2.75) is 0 Å². The van der Waals surface area contributed by atoms with Crippen LogP contribution in [0.2, 0.25) is 0 Å². The van der Waals surface area contributed by atoms with E-state index in [2.05, 4.69) is 22.1 Å². The van der Waals surface area contributed by atoms with Crippen LogP contribution in [-0.4, -0.2) is 11.8 Å². The van der Waals surface area contributed by atoms with Crippen molar-refractivity contribution in [3.8, 4) is 0 Å². The van der Waals surface area contributed by atoms with E-state index in [4.69, 9.17) is 0 Å². The molecule has 0 aliphatic carbocycles. The summed E-state index contributed by atoms with van der Waals surface area (Å²) < 4.78 is 0. The number of nitrogens with zero attached hydrogens (tertiary/aromatic N) is 2. The van der Waals surface area contributed by atoms with Gasteiger partial charge < -0.3 is 5.32 Å². The van der Waals surface area contributed by atoms with Gasteiger partial charge in [-0.1, -0.05) is 12.6 Å². The van der Waals surface area contributed by atoms with E-state index >= 15 is 0 Å². The molecule has 0 radical (unpaired) electrons. The number of hydrogen-bond acceptors (Lipinski definition) is 3. The molecule has 0 atom stereocenters. The number of carbonyl (C=O) groups excluding carboxylic acids is 2. The molecule has 15 heavy (non-hydrogen) atoms. The minimum Gasteiger partial charge on any atom is -0.362 e. The first-order valence-corrected chi connectivity index (χ1v) is 4.25. The van der Waals surface area contributed by atoms with Crippen molar-refractivity contribution in [2.75, 3.05) is 5.32 Å². The maximum atomic E-state index is 11.4. The fourth-order valence-electron chi connectivity index (χ4n) is 1.39. The minimum absolute atomic E-state index is 0.248. The highest BCUT2D eigenvalue weighted by Crippen LogP contribution is 2.24. The van der Waals surface area contributed by atoms with Crippen LogP contribution < -0.4 is 5.32 Å². The minimum atomic E-state index is -0.519. The molecule has 0 saturated carbocycles. The molecule has 0 bridgehead atoms. The maximum Gasteiger partial charge on any atom is 0.298 e. The molecule has 5 heteroatoms. The van der Waals surface area contributed by atoms with Crippen LogP contribution in [0.4, 0.5) is 5.69 Å². The summed E-state index contributed by atoms with van der Waals surface area (Å²) in [5, 5.41) is 9.27. The first-order valence-electron chi connectivity index (χ1n) is 4.25. The van der Waals surface area contributed by atoms with Crippen molar-refractivity contribution >= 4 is 17.5 Å². The molecule has 1 aromatic carbocycles. The quantitative estimate of drug-likeness (QED) is 0.795. The molecule has 1 aliphatic rings. The highest BCUT2D eigenvalue weighted by molar-refractivity contribution is 6.14. The molecule has 5 nitrogen and oxygen atoms in total. The van der Waals surface area contributed by atoms with E-state index < -0.39 is 11.8 Å². The molecule has 1 N–H and O–H groups in total. The number of azo groups is 1. The summed E-state index contributed by atoms with van der Waals surface area (Å²) in [6.07, 6.45) is 1.43. The molecule has 1 aromatic rings. The first-order chi connectivity index (χ1) is 7.24. The summed E-state index contributed by atoms with van der Waals surface area (Å²) in [6, 6.07) is 4.88. The fourth-order valence-corrected chi connectivity index (χ4v) is 1.39. The molecule has 0 unspecified atom stereocenters. The van der Waals surface area contributed by atoms with Gasteiger partial charge in [0.25, 0.3) is 11.8 Å². The second-order valence-corrected chi connectivity index (χ2v) is 2.89. The zero-order chi connectivity index (χ0) is 10.8. The van der Waals surface area contributed by atoms with Gasteiger partial charge in [-0.25, -0.2) is 0 Å². The molecule has 0 spiro atoms. The first kappa shape index (κ1) is 9.26. The molecular weight excluding hydrogens is 194 g/mol. The van der Waals surface area contributed by atoms with Gasteiger partial charge in [0.15, 0.2) is 0 Å². The molecule has 1 aliphatic heterocycles. The van der Waals surface area contributed by atoms with Gasteiger partial charge in [0.2, 0.25) is 0 Å². The Kier molecular flexibility index (Phi) is 2.13. The second kappa shape index (κ2) is 3.45. The van der Waals surface area contributed by atoms with E-state index in [9.17, 15) is 9.59 Å². The van der Waals surface area contributed by atoms with E-state index in [-0.39, 0.29) is 11.1 Å². The molecule has 74 valence electrons. The maximum absolute atomic E-state index is 11.4. The summed E-state index contributed by atoms with van der Waals surface area (Å²) in [5.74, 6) is -1.02. The van der Waals surface area contributed by atoms with Crippen molar-refractivity contribution in [1.29, 1.82) is 0 Å². The van der Waals surface area contributed by atoms with E-state index in [0.717, 1.165) is 0 Å². The van der Waals surface area contributed by atoms with Gasteiger partial charge in [-0.05, 0) is 18.3 Å². The van der Waals surface area contributed by atoms with Crippen molar-refractivity contribution in [1.82, 2.24) is 0 Å². The summed E-state index contributed by atoms with van der Waals surface area (Å²) >= 11 is 0. The topological polar surface area (TPSA) is 70.9 Å². The molecule has 0 saturated heterocycles. The van der Waals surface area contributed by atoms with Crippen LogP contribution in [0.1, 0.15) is 20.7 Å². The Labute approximate surface area is 85.5 Å². The fraction of sp³-hybridized carbons (Fsp3) is 0. The Morgan fingerprint density at radius 2 is 1.93 bits per heavy atom. The Hall–Kier alpha value is -2.30. The van der Waals surface area contributed by atoms with Crippen LogP contribution in [-0.2, 0) is 0 Å². The van der Waals surface area contributed by atoms with Crippen LogP contribution in [0, 0.1) is 0 Å². The molecule has 0 fully saturated rings. The third kappa shape index (κ3) is 1.43. The Bertz CT molecular complexity index is 491. The number of amides is 2. The third-order valence-corrected chi connectivity index (χ3v) is 2.00. The van der Waals surface area contributed by atoms with Gasteiger partial charge in [-0.3, -0.25) is 9.59 Å². The summed E-state index contributed by atoms with van der Waals surface area (Å²) in [4.78, 5) is 22.8. The molecular formula is C10H7N3O2. The molecule has 1 heterocycles. The molecule has 0 aromatic heterocycles. The highest BCUT2D eigenvalue weighted by Gasteiger charge is 2.24. The zero-order valence-electron chi connectivity index (χ0n) is 7.73. The summed E-state index contributed by atoms with van der Waals surface area (Å²) in [7, 11) is 0. The average Bonchev–Trinajstić information content (AvgIpc) is 2.24. The summed E-state index contributed by atoms with van der Waals surface area (Å²) in [5.41, 5.74) is 1.03. The Balaban J connectivity index is 2.65. The Morgan fingerprint density at radius 1 is 1.20 bits per heavy atom. The average molecular weight is 201 g/mol. The van der Waals surface area contributed by atoms with Crippen molar-refractivity contribution in [2.24, 2.45) is 10.2 Å². The van der Waals surface area contributed by atoms with Gasteiger partial charge in [0.1, 0.15) is 0 Å². The standard InChI is InChI=1S/C10H7N3O2/c1-2-11-7-5-3-4-6-8(7)10(15)13-12-9(6)14/h2-5,11H,1H2. The monoisotopic (exact) mass is 201 g/mol. The van der Waals surface area contributed by atoms with E-state index in [0.29, 0.717) is 5.69 Å². The smallest absolute Gasteiger partial charge is 0.298 e. The van der Waals surface area contributed by atoms with Gasteiger partial charge in [0.05, 0.1) is 16.8 Å². The highest BCUT2D eigenvalue weighted by atomic mass is 16.2. The molecule has 2 amide bonds. The van der Waals surface area contributed by atoms with E-state index in [1.807, 2.05) is 0 Å². The predicted molar refractivity (Wildman–Crippen MR) is 53.8 cm³/mol. The van der Waals surface area contributed by atoms with Crippen LogP contribution in [0.5, 0.6) is 0 Å². The lowest BCUT2D eigenvalue weighted by atomic mass is 10.0. The summed E-state index contributed by atoms with van der Waals surface area (Å²) in [6.45, 7) is 3.49. The van der Waals surface area contributed by atoms with E-state index in [1.54, 1.807) is 18.2 Å². The largest absolute Gasteiger partial charge is 0.362 e. The Morgan fingerprint density at radius 3 is 2.67 bits per heavy atom. The van der Waals surface area contributed by atoms with Gasteiger partial charge in [0, 0.05) is 0 Å². The second-order valence-electron chi connectivity index (χ2n) is 2.89. The van der Waals surface area contributed by atoms with Crippen molar-refractivity contribution in [3.05, 3.63) is 42.1 Å². The number of nitrogens with one attached hydrogen (secondary N) is 1. The van der Waals surface area contributed by atoms with Gasteiger partial charge >= 0.3 is 0 Å². The van der Waals surface area contributed by atoms with Crippen LogP contribution in [0.15, 0.2) is 41.2 Å². The van der Waals surface area contributed by atoms with Crippen LogP contribution >= 0.6 is 0 Å².